The number of nitrogens with one attached hydrogen (secondary N) is 1. The molecule has 0 bridgehead atoms. The van der Waals surface area contributed by atoms with E-state index in [0.29, 0.717) is 6.54 Å². The summed E-state index contributed by atoms with van der Waals surface area (Å²) in [5.74, 6) is 0. The molecule has 0 amide bonds. The van der Waals surface area contributed by atoms with Gasteiger partial charge in [-0.05, 0) is 12.8 Å². The lowest BCUT2D eigenvalue weighted by Gasteiger charge is -2.26. The second-order valence-electron chi connectivity index (χ2n) is 3.89. The second-order valence-corrected chi connectivity index (χ2v) is 3.89. The molecule has 4 heteroatoms. The smallest absolute Gasteiger partial charge is 0.250 e. The van der Waals surface area contributed by atoms with Crippen LogP contribution in [0.1, 0.15) is 25.7 Å². The molecule has 0 atom stereocenters. The monoisotopic (exact) mass is 193 g/mol. The summed E-state index contributed by atoms with van der Waals surface area (Å²) in [5.41, 5.74) is -0.116. The van der Waals surface area contributed by atoms with Gasteiger partial charge in [0.05, 0.1) is 6.54 Å². The third-order valence-electron chi connectivity index (χ3n) is 2.80. The zero-order chi connectivity index (χ0) is 9.73. The van der Waals surface area contributed by atoms with Gasteiger partial charge in [-0.1, -0.05) is 12.8 Å². The SMILES string of the molecule is OCC1(CNCC(F)F)CCCC1. The fourth-order valence-corrected chi connectivity index (χ4v) is 1.96. The van der Waals surface area contributed by atoms with E-state index in [9.17, 15) is 8.78 Å². The molecule has 78 valence electrons. The van der Waals surface area contributed by atoms with Crippen molar-refractivity contribution in [3.63, 3.8) is 0 Å². The van der Waals surface area contributed by atoms with Gasteiger partial charge in [0.2, 0.25) is 0 Å². The van der Waals surface area contributed by atoms with Gasteiger partial charge in [-0.25, -0.2) is 8.78 Å². The summed E-state index contributed by atoms with van der Waals surface area (Å²) in [5, 5.41) is 11.9. The van der Waals surface area contributed by atoms with Crippen molar-refractivity contribution in [3.05, 3.63) is 0 Å². The summed E-state index contributed by atoms with van der Waals surface area (Å²) in [4.78, 5) is 0. The molecular weight excluding hydrogens is 176 g/mol. The molecule has 2 nitrogen and oxygen atoms in total. The number of alkyl halides is 2. The van der Waals surface area contributed by atoms with Gasteiger partial charge in [0, 0.05) is 18.6 Å². The van der Waals surface area contributed by atoms with Crippen molar-refractivity contribution in [1.29, 1.82) is 0 Å². The van der Waals surface area contributed by atoms with Gasteiger partial charge in [-0.3, -0.25) is 0 Å². The van der Waals surface area contributed by atoms with Crippen molar-refractivity contribution in [3.8, 4) is 0 Å². The number of hydrogen-bond donors (Lipinski definition) is 2. The second kappa shape index (κ2) is 4.86. The highest BCUT2D eigenvalue weighted by molar-refractivity contribution is 4.85. The van der Waals surface area contributed by atoms with E-state index in [-0.39, 0.29) is 18.6 Å². The van der Waals surface area contributed by atoms with Crippen LogP contribution in [0.5, 0.6) is 0 Å². The van der Waals surface area contributed by atoms with Gasteiger partial charge < -0.3 is 10.4 Å². The topological polar surface area (TPSA) is 32.3 Å². The van der Waals surface area contributed by atoms with Crippen LogP contribution in [0.3, 0.4) is 0 Å². The maximum absolute atomic E-state index is 11.8. The Kier molecular flexibility index (Phi) is 4.06. The Morgan fingerprint density at radius 1 is 1.31 bits per heavy atom. The van der Waals surface area contributed by atoms with E-state index in [1.807, 2.05) is 0 Å². The zero-order valence-electron chi connectivity index (χ0n) is 7.73. The fraction of sp³-hybridized carbons (Fsp3) is 1.00. The van der Waals surface area contributed by atoms with Crippen LogP contribution < -0.4 is 5.32 Å². The van der Waals surface area contributed by atoms with Crippen molar-refractivity contribution >= 4 is 0 Å². The van der Waals surface area contributed by atoms with Crippen molar-refractivity contribution in [2.75, 3.05) is 19.7 Å². The first-order valence-corrected chi connectivity index (χ1v) is 4.78. The molecule has 0 unspecified atom stereocenters. The van der Waals surface area contributed by atoms with Gasteiger partial charge >= 0.3 is 0 Å². The third kappa shape index (κ3) is 3.19. The highest BCUT2D eigenvalue weighted by atomic mass is 19.3. The standard InChI is InChI=1S/C9H17F2NO/c10-8(11)5-12-6-9(7-13)3-1-2-4-9/h8,12-13H,1-7H2. The molecule has 2 N–H and O–H groups in total. The van der Waals surface area contributed by atoms with Crippen LogP contribution in [0.15, 0.2) is 0 Å². The number of halogens is 2. The number of hydrogen-bond acceptors (Lipinski definition) is 2. The van der Waals surface area contributed by atoms with Crippen LogP contribution in [0.2, 0.25) is 0 Å². The quantitative estimate of drug-likeness (QED) is 0.691. The largest absolute Gasteiger partial charge is 0.396 e. The molecule has 1 fully saturated rings. The molecule has 0 aliphatic heterocycles. The summed E-state index contributed by atoms with van der Waals surface area (Å²) in [6.07, 6.45) is 1.84. The molecule has 13 heavy (non-hydrogen) atoms. The Hall–Kier alpha value is -0.220. The average Bonchev–Trinajstić information content (AvgIpc) is 2.53. The summed E-state index contributed by atoms with van der Waals surface area (Å²) in [6.45, 7) is 0.374. The maximum atomic E-state index is 11.8. The number of aliphatic hydroxyl groups is 1. The van der Waals surface area contributed by atoms with Crippen LogP contribution in [-0.4, -0.2) is 31.2 Å². The van der Waals surface area contributed by atoms with Gasteiger partial charge in [0.15, 0.2) is 0 Å². The van der Waals surface area contributed by atoms with Gasteiger partial charge in [-0.2, -0.15) is 0 Å². The van der Waals surface area contributed by atoms with E-state index in [1.54, 1.807) is 0 Å². The summed E-state index contributed by atoms with van der Waals surface area (Å²) >= 11 is 0. The highest BCUT2D eigenvalue weighted by Gasteiger charge is 2.32. The molecule has 1 rings (SSSR count). The molecule has 1 saturated carbocycles. The molecule has 0 heterocycles. The first-order chi connectivity index (χ1) is 6.18. The first-order valence-electron chi connectivity index (χ1n) is 4.78. The molecule has 0 radical (unpaired) electrons. The highest BCUT2D eigenvalue weighted by Crippen LogP contribution is 2.36. The molecule has 0 aromatic rings. The Bertz CT molecular complexity index is 147. The van der Waals surface area contributed by atoms with Gasteiger partial charge in [0.25, 0.3) is 6.43 Å². The minimum atomic E-state index is -2.29. The summed E-state index contributed by atoms with van der Waals surface area (Å²) < 4.78 is 23.6. The first kappa shape index (κ1) is 10.9. The van der Waals surface area contributed by atoms with E-state index in [0.717, 1.165) is 25.7 Å². The van der Waals surface area contributed by atoms with Crippen LogP contribution in [-0.2, 0) is 0 Å². The predicted octanol–water partition coefficient (Wildman–Crippen LogP) is 1.39. The third-order valence-corrected chi connectivity index (χ3v) is 2.80. The van der Waals surface area contributed by atoms with Crippen LogP contribution in [0.4, 0.5) is 8.78 Å². The lowest BCUT2D eigenvalue weighted by Crippen LogP contribution is -2.37. The van der Waals surface area contributed by atoms with Crippen LogP contribution in [0, 0.1) is 5.41 Å². The maximum Gasteiger partial charge on any atom is 0.250 e. The van der Waals surface area contributed by atoms with E-state index >= 15 is 0 Å². The zero-order valence-corrected chi connectivity index (χ0v) is 7.73. The van der Waals surface area contributed by atoms with Crippen molar-refractivity contribution in [2.24, 2.45) is 5.41 Å². The molecular formula is C9H17F2NO. The van der Waals surface area contributed by atoms with E-state index in [4.69, 9.17) is 5.11 Å². The molecule has 0 spiro atoms. The van der Waals surface area contributed by atoms with Crippen molar-refractivity contribution < 1.29 is 13.9 Å². The summed E-state index contributed by atoms with van der Waals surface area (Å²) in [7, 11) is 0. The van der Waals surface area contributed by atoms with Gasteiger partial charge in [-0.15, -0.1) is 0 Å². The minimum Gasteiger partial charge on any atom is -0.396 e. The van der Waals surface area contributed by atoms with Crippen molar-refractivity contribution in [2.45, 2.75) is 32.1 Å². The Balaban J connectivity index is 2.23. The molecule has 1 aliphatic carbocycles. The number of aliphatic hydroxyl groups excluding tert-OH is 1. The van der Waals surface area contributed by atoms with Crippen LogP contribution in [0.25, 0.3) is 0 Å². The predicted molar refractivity (Wildman–Crippen MR) is 46.9 cm³/mol. The minimum absolute atomic E-state index is 0.114. The van der Waals surface area contributed by atoms with E-state index < -0.39 is 6.43 Å². The van der Waals surface area contributed by atoms with Gasteiger partial charge in [0.1, 0.15) is 0 Å². The average molecular weight is 193 g/mol. The normalized spacial score (nSPS) is 21.2. The lowest BCUT2D eigenvalue weighted by atomic mass is 9.87. The lowest BCUT2D eigenvalue weighted by molar-refractivity contribution is 0.108. The van der Waals surface area contributed by atoms with E-state index in [2.05, 4.69) is 5.32 Å². The van der Waals surface area contributed by atoms with E-state index in [1.165, 1.54) is 0 Å². The molecule has 0 aromatic carbocycles. The Labute approximate surface area is 77.3 Å². The molecule has 1 aliphatic rings. The van der Waals surface area contributed by atoms with Crippen molar-refractivity contribution in [1.82, 2.24) is 5.32 Å². The molecule has 0 saturated heterocycles. The summed E-state index contributed by atoms with van der Waals surface area (Å²) in [6, 6.07) is 0. The molecule has 0 aromatic heterocycles. The number of rotatable bonds is 5. The Morgan fingerprint density at radius 2 is 1.92 bits per heavy atom. The Morgan fingerprint density at radius 3 is 2.38 bits per heavy atom. The van der Waals surface area contributed by atoms with Crippen LogP contribution >= 0.6 is 0 Å². The fourth-order valence-electron chi connectivity index (χ4n) is 1.96.